The maximum Gasteiger partial charge on any atom is 0.267 e. The number of piperazine rings is 1. The zero-order chi connectivity index (χ0) is 25.2. The molecule has 0 aliphatic carbocycles. The minimum Gasteiger partial charge on any atom is -0.290 e. The molecule has 7 nitrogen and oxygen atoms in total. The molecule has 186 valence electrons. The van der Waals surface area contributed by atoms with E-state index in [-0.39, 0.29) is 15.8 Å². The predicted molar refractivity (Wildman–Crippen MR) is 139 cm³/mol. The lowest BCUT2D eigenvalue weighted by atomic mass is 9.96. The van der Waals surface area contributed by atoms with Crippen molar-refractivity contribution in [3.05, 3.63) is 121 Å². The molecule has 36 heavy (non-hydrogen) atoms. The normalized spacial score (nSPS) is 15.8. The molecule has 1 aliphatic rings. The zero-order valence-electron chi connectivity index (χ0n) is 19.6. The maximum absolute atomic E-state index is 13.4. The summed E-state index contributed by atoms with van der Waals surface area (Å²) < 4.78 is 54.9. The number of nitrogens with zero attached hydrogens (tertiary/aromatic N) is 3. The fraction of sp³-hybridized carbons (Fsp3) is 0.185. The summed E-state index contributed by atoms with van der Waals surface area (Å²) in [6.07, 6.45) is 2.47. The predicted octanol–water partition coefficient (Wildman–Crippen LogP) is 3.82. The number of benzene rings is 3. The van der Waals surface area contributed by atoms with Gasteiger partial charge in [0.25, 0.3) is 10.0 Å². The summed E-state index contributed by atoms with van der Waals surface area (Å²) in [6.45, 7) is 1.73. The zero-order valence-corrected chi connectivity index (χ0v) is 21.2. The van der Waals surface area contributed by atoms with E-state index in [4.69, 9.17) is 0 Å². The summed E-state index contributed by atoms with van der Waals surface area (Å²) in [6, 6.07) is 29.7. The first-order chi connectivity index (χ1) is 17.4. The van der Waals surface area contributed by atoms with Crippen LogP contribution in [0.4, 0.5) is 0 Å². The van der Waals surface area contributed by atoms with Gasteiger partial charge < -0.3 is 0 Å². The molecule has 0 N–H and O–H groups in total. The minimum absolute atomic E-state index is 0.0225. The van der Waals surface area contributed by atoms with E-state index in [9.17, 15) is 16.8 Å². The first-order valence-corrected chi connectivity index (χ1v) is 14.6. The number of sulfonamides is 1. The third kappa shape index (κ3) is 4.75. The van der Waals surface area contributed by atoms with Gasteiger partial charge in [0.2, 0.25) is 10.0 Å². The van der Waals surface area contributed by atoms with Crippen molar-refractivity contribution >= 4 is 20.0 Å². The lowest BCUT2D eigenvalue weighted by molar-refractivity contribution is 0.156. The molecule has 3 aromatic carbocycles. The van der Waals surface area contributed by atoms with Crippen LogP contribution in [0.2, 0.25) is 0 Å². The Morgan fingerprint density at radius 3 is 1.58 bits per heavy atom. The van der Waals surface area contributed by atoms with Crippen LogP contribution in [-0.4, -0.2) is 56.2 Å². The summed E-state index contributed by atoms with van der Waals surface area (Å²) in [7, 11) is -7.71. The first kappa shape index (κ1) is 24.5. The van der Waals surface area contributed by atoms with Crippen molar-refractivity contribution in [1.29, 1.82) is 0 Å². The molecule has 1 saturated heterocycles. The van der Waals surface area contributed by atoms with Crippen molar-refractivity contribution in [1.82, 2.24) is 13.2 Å². The Hall–Kier alpha value is -3.24. The summed E-state index contributed by atoms with van der Waals surface area (Å²) in [5, 5.41) is 0. The third-order valence-corrected chi connectivity index (χ3v) is 10.00. The van der Waals surface area contributed by atoms with Gasteiger partial charge in [-0.3, -0.25) is 4.90 Å². The van der Waals surface area contributed by atoms with Gasteiger partial charge in [0.15, 0.2) is 0 Å². The molecule has 1 aliphatic heterocycles. The van der Waals surface area contributed by atoms with Crippen LogP contribution in [-0.2, 0) is 20.0 Å². The van der Waals surface area contributed by atoms with Crippen LogP contribution >= 0.6 is 0 Å². The molecule has 2 heterocycles. The highest BCUT2D eigenvalue weighted by molar-refractivity contribution is 7.90. The number of hydrogen-bond acceptors (Lipinski definition) is 5. The Balaban J connectivity index is 1.35. The van der Waals surface area contributed by atoms with Gasteiger partial charge in [-0.15, -0.1) is 0 Å². The fourth-order valence-corrected chi connectivity index (χ4v) is 7.32. The van der Waals surface area contributed by atoms with E-state index >= 15 is 0 Å². The van der Waals surface area contributed by atoms with E-state index in [1.807, 2.05) is 36.4 Å². The molecule has 9 heteroatoms. The number of hydrogen-bond donors (Lipinski definition) is 0. The lowest BCUT2D eigenvalue weighted by Gasteiger charge is -2.39. The van der Waals surface area contributed by atoms with E-state index in [2.05, 4.69) is 29.2 Å². The average Bonchev–Trinajstić information content (AvgIpc) is 3.44. The van der Waals surface area contributed by atoms with Gasteiger partial charge in [0.05, 0.1) is 10.9 Å². The van der Waals surface area contributed by atoms with Crippen molar-refractivity contribution in [2.75, 3.05) is 26.2 Å². The van der Waals surface area contributed by atoms with Crippen LogP contribution in [0.15, 0.2) is 119 Å². The lowest BCUT2D eigenvalue weighted by Crippen LogP contribution is -2.49. The second-order valence-electron chi connectivity index (χ2n) is 8.66. The second-order valence-corrected chi connectivity index (χ2v) is 12.4. The molecule has 0 radical (unpaired) electrons. The fourth-order valence-electron chi connectivity index (χ4n) is 4.61. The Morgan fingerprint density at radius 2 is 1.06 bits per heavy atom. The van der Waals surface area contributed by atoms with Gasteiger partial charge in [0.1, 0.15) is 4.90 Å². The maximum atomic E-state index is 13.4. The van der Waals surface area contributed by atoms with Crippen LogP contribution in [0, 0.1) is 0 Å². The second kappa shape index (κ2) is 10.0. The Morgan fingerprint density at radius 1 is 0.556 bits per heavy atom. The molecular formula is C27H27N3O4S2. The molecule has 0 amide bonds. The smallest absolute Gasteiger partial charge is 0.267 e. The van der Waals surface area contributed by atoms with E-state index in [0.29, 0.717) is 26.2 Å². The van der Waals surface area contributed by atoms with Crippen LogP contribution in [0.25, 0.3) is 0 Å². The van der Waals surface area contributed by atoms with Crippen molar-refractivity contribution in [2.24, 2.45) is 0 Å². The Labute approximate surface area is 212 Å². The van der Waals surface area contributed by atoms with E-state index in [0.717, 1.165) is 15.1 Å². The van der Waals surface area contributed by atoms with E-state index < -0.39 is 20.0 Å². The van der Waals surface area contributed by atoms with E-state index in [1.54, 1.807) is 18.2 Å². The Kier molecular flexibility index (Phi) is 6.81. The third-order valence-electron chi connectivity index (χ3n) is 6.47. The van der Waals surface area contributed by atoms with Gasteiger partial charge >= 0.3 is 0 Å². The summed E-state index contributed by atoms with van der Waals surface area (Å²) in [5.41, 5.74) is 2.31. The Bertz CT molecular complexity index is 1470. The van der Waals surface area contributed by atoms with Gasteiger partial charge in [-0.1, -0.05) is 78.9 Å². The number of aromatic nitrogens is 1. The largest absolute Gasteiger partial charge is 0.290 e. The number of rotatable bonds is 7. The van der Waals surface area contributed by atoms with Crippen LogP contribution in [0.1, 0.15) is 17.2 Å². The topological polar surface area (TPSA) is 79.7 Å². The molecule has 0 bridgehead atoms. The van der Waals surface area contributed by atoms with Crippen molar-refractivity contribution in [3.63, 3.8) is 0 Å². The molecule has 1 fully saturated rings. The summed E-state index contributed by atoms with van der Waals surface area (Å²) >= 11 is 0. The molecule has 0 spiro atoms. The van der Waals surface area contributed by atoms with Crippen molar-refractivity contribution in [2.45, 2.75) is 15.8 Å². The van der Waals surface area contributed by atoms with Crippen molar-refractivity contribution in [3.8, 4) is 0 Å². The van der Waals surface area contributed by atoms with Crippen LogP contribution in [0.5, 0.6) is 0 Å². The highest BCUT2D eigenvalue weighted by atomic mass is 32.2. The quantitative estimate of drug-likeness (QED) is 0.369. The molecule has 1 aromatic heterocycles. The standard InChI is InChI=1S/C27H27N3O4S2/c31-35(32,25-14-8-3-9-15-25)30-17-16-26(22-30)36(33,34)29-20-18-28(19-21-29)27(23-10-4-1-5-11-23)24-12-6-2-7-13-24/h1-17,22,27H,18-21H2. The van der Waals surface area contributed by atoms with Gasteiger partial charge in [-0.2, -0.15) is 4.31 Å². The van der Waals surface area contributed by atoms with Crippen molar-refractivity contribution < 1.29 is 16.8 Å². The molecule has 0 atom stereocenters. The van der Waals surface area contributed by atoms with Crippen LogP contribution < -0.4 is 0 Å². The first-order valence-electron chi connectivity index (χ1n) is 11.7. The van der Waals surface area contributed by atoms with Gasteiger partial charge in [0, 0.05) is 38.6 Å². The average molecular weight is 522 g/mol. The molecule has 0 unspecified atom stereocenters. The molecule has 0 saturated carbocycles. The van der Waals surface area contributed by atoms with Gasteiger partial charge in [-0.05, 0) is 29.3 Å². The van der Waals surface area contributed by atoms with E-state index in [1.165, 1.54) is 34.9 Å². The van der Waals surface area contributed by atoms with Crippen LogP contribution in [0.3, 0.4) is 0 Å². The summed E-state index contributed by atoms with van der Waals surface area (Å²) in [5.74, 6) is 0. The SMILES string of the molecule is O=S(=O)(c1ccn(S(=O)(=O)c2ccccc2)c1)N1CCN(C(c2ccccc2)c2ccccc2)CC1. The summed E-state index contributed by atoms with van der Waals surface area (Å²) in [4.78, 5) is 2.37. The monoisotopic (exact) mass is 521 g/mol. The molecule has 5 rings (SSSR count). The highest BCUT2D eigenvalue weighted by Gasteiger charge is 2.33. The van der Waals surface area contributed by atoms with Gasteiger partial charge in [-0.25, -0.2) is 20.8 Å². The highest BCUT2D eigenvalue weighted by Crippen LogP contribution is 2.30. The minimum atomic E-state index is -3.86. The molecule has 4 aromatic rings. The molecular weight excluding hydrogens is 494 g/mol.